The van der Waals surface area contributed by atoms with Crippen molar-refractivity contribution in [2.75, 3.05) is 12.9 Å². The molecule has 0 aliphatic rings. The Bertz CT molecular complexity index is 1240. The summed E-state index contributed by atoms with van der Waals surface area (Å²) in [6, 6.07) is 13.3. The second kappa shape index (κ2) is 9.55. The maximum Gasteiger partial charge on any atom is 0.325 e. The molecule has 0 fully saturated rings. The molecule has 1 amide bonds. The van der Waals surface area contributed by atoms with Gasteiger partial charge in [-0.2, -0.15) is 4.99 Å². The van der Waals surface area contributed by atoms with Gasteiger partial charge in [0.2, 0.25) is 5.91 Å². The first-order valence-corrected chi connectivity index (χ1v) is 11.9. The first-order valence-electron chi connectivity index (χ1n) is 9.01. The Hall–Kier alpha value is -2.49. The van der Waals surface area contributed by atoms with E-state index < -0.39 is 21.7 Å². The molecule has 30 heavy (non-hydrogen) atoms. The molecule has 0 atom stereocenters. The highest BCUT2D eigenvalue weighted by Gasteiger charge is 2.16. The molecule has 0 bridgehead atoms. The summed E-state index contributed by atoms with van der Waals surface area (Å²) in [7, 11) is -2.22. The molecule has 0 saturated heterocycles. The largest absolute Gasteiger partial charge is 0.468 e. The number of amides is 1. The van der Waals surface area contributed by atoms with Crippen molar-refractivity contribution in [3.05, 3.63) is 58.4 Å². The van der Waals surface area contributed by atoms with E-state index in [1.807, 2.05) is 24.3 Å². The van der Waals surface area contributed by atoms with Crippen molar-refractivity contribution in [3.63, 3.8) is 0 Å². The fraction of sp³-hybridized carbons (Fsp3) is 0.250. The van der Waals surface area contributed by atoms with E-state index in [1.165, 1.54) is 42.7 Å². The smallest absolute Gasteiger partial charge is 0.325 e. The molecule has 0 unspecified atom stereocenters. The summed E-state index contributed by atoms with van der Waals surface area (Å²) in [5.41, 5.74) is 0.768. The van der Waals surface area contributed by atoms with Crippen LogP contribution in [0.1, 0.15) is 12.8 Å². The molecule has 0 aliphatic heterocycles. The molecule has 7 nitrogen and oxygen atoms in total. The number of esters is 1. The van der Waals surface area contributed by atoms with Crippen molar-refractivity contribution in [2.24, 2.45) is 4.99 Å². The van der Waals surface area contributed by atoms with Crippen LogP contribution in [0, 0.1) is 0 Å². The van der Waals surface area contributed by atoms with E-state index in [9.17, 15) is 18.0 Å². The number of halogens is 1. The molecule has 0 radical (unpaired) electrons. The Morgan fingerprint density at radius 1 is 1.13 bits per heavy atom. The van der Waals surface area contributed by atoms with E-state index in [1.54, 1.807) is 4.57 Å². The normalized spacial score (nSPS) is 12.3. The molecule has 1 heterocycles. The quantitative estimate of drug-likeness (QED) is 0.498. The molecule has 158 valence electrons. The highest BCUT2D eigenvalue weighted by molar-refractivity contribution is 7.91. The Balaban J connectivity index is 1.75. The average Bonchev–Trinajstić information content (AvgIpc) is 3.05. The molecular formula is C20H19ClN2O5S2. The van der Waals surface area contributed by atoms with Crippen molar-refractivity contribution in [1.82, 2.24) is 4.57 Å². The summed E-state index contributed by atoms with van der Waals surface area (Å²) in [5.74, 6) is -1.09. The van der Waals surface area contributed by atoms with Crippen LogP contribution in [0.3, 0.4) is 0 Å². The molecule has 2 aromatic carbocycles. The zero-order chi connectivity index (χ0) is 21.7. The minimum Gasteiger partial charge on any atom is -0.468 e. The van der Waals surface area contributed by atoms with Gasteiger partial charge in [-0.05, 0) is 42.8 Å². The standard InChI is InChI=1S/C20H19ClN2O5S2/c1-28-19(25)13-23-16-5-2-3-6-17(16)29-20(23)22-18(24)7-4-12-30(26,27)15-10-8-14(21)9-11-15/h2-3,5-6,8-11H,4,7,12-13H2,1H3. The number of benzene rings is 2. The Morgan fingerprint density at radius 2 is 1.83 bits per heavy atom. The highest BCUT2D eigenvalue weighted by atomic mass is 35.5. The summed E-state index contributed by atoms with van der Waals surface area (Å²) >= 11 is 7.06. The minimum absolute atomic E-state index is 0.0285. The molecule has 0 spiro atoms. The van der Waals surface area contributed by atoms with Crippen LogP contribution in [0.4, 0.5) is 0 Å². The van der Waals surface area contributed by atoms with Gasteiger partial charge >= 0.3 is 5.97 Å². The van der Waals surface area contributed by atoms with Crippen molar-refractivity contribution in [1.29, 1.82) is 0 Å². The number of hydrogen-bond donors (Lipinski definition) is 0. The van der Waals surface area contributed by atoms with E-state index in [-0.39, 0.29) is 30.0 Å². The van der Waals surface area contributed by atoms with Gasteiger partial charge in [-0.1, -0.05) is 35.1 Å². The van der Waals surface area contributed by atoms with Crippen molar-refractivity contribution in [2.45, 2.75) is 24.3 Å². The second-order valence-electron chi connectivity index (χ2n) is 6.40. The number of sulfone groups is 1. The van der Waals surface area contributed by atoms with Gasteiger partial charge < -0.3 is 9.30 Å². The summed E-state index contributed by atoms with van der Waals surface area (Å²) < 4.78 is 32.0. The lowest BCUT2D eigenvalue weighted by Gasteiger charge is -2.04. The van der Waals surface area contributed by atoms with E-state index >= 15 is 0 Å². The summed E-state index contributed by atoms with van der Waals surface area (Å²) in [4.78, 5) is 28.8. The third-order valence-corrected chi connectivity index (χ3v) is 7.43. The molecule has 10 heteroatoms. The van der Waals surface area contributed by atoms with Crippen LogP contribution in [0.15, 0.2) is 58.4 Å². The fourth-order valence-electron chi connectivity index (χ4n) is 2.79. The van der Waals surface area contributed by atoms with E-state index in [4.69, 9.17) is 16.3 Å². The maximum atomic E-state index is 12.4. The topological polar surface area (TPSA) is 94.8 Å². The van der Waals surface area contributed by atoms with Gasteiger partial charge in [0, 0.05) is 11.4 Å². The summed E-state index contributed by atoms with van der Waals surface area (Å²) in [5, 5.41) is 0.450. The number of aromatic nitrogens is 1. The summed E-state index contributed by atoms with van der Waals surface area (Å²) in [6.45, 7) is -0.0719. The van der Waals surface area contributed by atoms with Gasteiger partial charge in [0.25, 0.3) is 0 Å². The first-order chi connectivity index (χ1) is 14.3. The zero-order valence-corrected chi connectivity index (χ0v) is 18.5. The van der Waals surface area contributed by atoms with Gasteiger partial charge in [-0.25, -0.2) is 8.42 Å². The van der Waals surface area contributed by atoms with Crippen LogP contribution in [0.5, 0.6) is 0 Å². The second-order valence-corrected chi connectivity index (χ2v) is 9.95. The van der Waals surface area contributed by atoms with E-state index in [2.05, 4.69) is 4.99 Å². The Morgan fingerprint density at radius 3 is 2.53 bits per heavy atom. The van der Waals surface area contributed by atoms with Crippen molar-refractivity contribution >= 4 is 54.9 Å². The lowest BCUT2D eigenvalue weighted by Crippen LogP contribution is -2.22. The van der Waals surface area contributed by atoms with Crippen LogP contribution < -0.4 is 4.80 Å². The van der Waals surface area contributed by atoms with Gasteiger partial charge in [-0.3, -0.25) is 9.59 Å². The van der Waals surface area contributed by atoms with Gasteiger partial charge in [0.15, 0.2) is 14.6 Å². The number of fused-ring (bicyclic) bond motifs is 1. The predicted molar refractivity (Wildman–Crippen MR) is 115 cm³/mol. The Labute approximate surface area is 182 Å². The van der Waals surface area contributed by atoms with Crippen LogP contribution in [0.25, 0.3) is 10.2 Å². The van der Waals surface area contributed by atoms with Crippen molar-refractivity contribution in [3.8, 4) is 0 Å². The molecule has 0 N–H and O–H groups in total. The van der Waals surface area contributed by atoms with Crippen LogP contribution in [-0.2, 0) is 30.7 Å². The number of nitrogens with zero attached hydrogens (tertiary/aromatic N) is 2. The van der Waals surface area contributed by atoms with E-state index in [0.717, 1.165) is 10.2 Å². The molecule has 3 aromatic rings. The maximum absolute atomic E-state index is 12.4. The van der Waals surface area contributed by atoms with Crippen LogP contribution in [-0.4, -0.2) is 37.7 Å². The van der Waals surface area contributed by atoms with Gasteiger partial charge in [0.1, 0.15) is 6.54 Å². The lowest BCUT2D eigenvalue weighted by molar-refractivity contribution is -0.141. The SMILES string of the molecule is COC(=O)Cn1c(=NC(=O)CCCS(=O)(=O)c2ccc(Cl)cc2)sc2ccccc21. The van der Waals surface area contributed by atoms with Crippen LogP contribution >= 0.6 is 22.9 Å². The summed E-state index contributed by atoms with van der Waals surface area (Å²) in [6.07, 6.45) is 0.106. The molecule has 0 saturated carbocycles. The monoisotopic (exact) mass is 466 g/mol. The number of ether oxygens (including phenoxy) is 1. The number of para-hydroxylation sites is 1. The van der Waals surface area contributed by atoms with Gasteiger partial charge in [-0.15, -0.1) is 0 Å². The molecule has 3 rings (SSSR count). The Kier molecular flexibility index (Phi) is 7.06. The van der Waals surface area contributed by atoms with Crippen molar-refractivity contribution < 1.29 is 22.7 Å². The minimum atomic E-state index is -3.51. The fourth-order valence-corrected chi connectivity index (χ4v) is 5.27. The average molecular weight is 467 g/mol. The molecule has 0 aliphatic carbocycles. The third kappa shape index (κ3) is 5.35. The third-order valence-electron chi connectivity index (χ3n) is 4.30. The highest BCUT2D eigenvalue weighted by Crippen LogP contribution is 2.18. The lowest BCUT2D eigenvalue weighted by atomic mass is 10.3. The van der Waals surface area contributed by atoms with Crippen LogP contribution in [0.2, 0.25) is 5.02 Å². The first kappa shape index (κ1) is 22.2. The number of carbonyl (C=O) groups is 2. The zero-order valence-electron chi connectivity index (χ0n) is 16.1. The van der Waals surface area contributed by atoms with Gasteiger partial charge in [0.05, 0.1) is 28.0 Å². The molecule has 1 aromatic heterocycles. The number of thiazole rings is 1. The number of rotatable bonds is 7. The number of hydrogen-bond acceptors (Lipinski definition) is 6. The number of methoxy groups -OCH3 is 1. The molecular weight excluding hydrogens is 448 g/mol. The number of carbonyl (C=O) groups excluding carboxylic acids is 2. The predicted octanol–water partition coefficient (Wildman–Crippen LogP) is 3.21. The van der Waals surface area contributed by atoms with E-state index in [0.29, 0.717) is 9.82 Å².